The van der Waals surface area contributed by atoms with Crippen molar-refractivity contribution < 1.29 is 9.59 Å². The number of rotatable bonds is 7. The summed E-state index contributed by atoms with van der Waals surface area (Å²) in [6, 6.07) is 3.89. The minimum absolute atomic E-state index is 0.0188. The molecule has 0 radical (unpaired) electrons. The Bertz CT molecular complexity index is 901. The summed E-state index contributed by atoms with van der Waals surface area (Å²) in [5, 5.41) is 12.3. The molecule has 3 heterocycles. The van der Waals surface area contributed by atoms with Crippen LogP contribution in [0, 0.1) is 17.2 Å². The minimum atomic E-state index is -0.146. The van der Waals surface area contributed by atoms with Gasteiger partial charge >= 0.3 is 0 Å². The second kappa shape index (κ2) is 8.99. The van der Waals surface area contributed by atoms with E-state index in [0.717, 1.165) is 23.3 Å². The van der Waals surface area contributed by atoms with Gasteiger partial charge in [0.2, 0.25) is 12.3 Å². The summed E-state index contributed by atoms with van der Waals surface area (Å²) in [4.78, 5) is 38.5. The van der Waals surface area contributed by atoms with Gasteiger partial charge in [-0.25, -0.2) is 9.97 Å². The summed E-state index contributed by atoms with van der Waals surface area (Å²) in [5.74, 6) is 0.947. The number of piperidine rings is 1. The molecule has 2 aromatic heterocycles. The molecular weight excluding hydrogens is 358 g/mol. The molecule has 1 saturated heterocycles. The Morgan fingerprint density at radius 3 is 3.18 bits per heavy atom. The number of hydrogen-bond acceptors (Lipinski definition) is 6. The van der Waals surface area contributed by atoms with Crippen molar-refractivity contribution in [3.8, 4) is 6.07 Å². The van der Waals surface area contributed by atoms with Crippen LogP contribution in [-0.2, 0) is 9.59 Å². The number of nitriles is 1. The first-order valence-corrected chi connectivity index (χ1v) is 9.20. The summed E-state index contributed by atoms with van der Waals surface area (Å²) in [7, 11) is 0. The van der Waals surface area contributed by atoms with Gasteiger partial charge in [-0.1, -0.05) is 6.92 Å². The van der Waals surface area contributed by atoms with Gasteiger partial charge in [0.05, 0.1) is 17.5 Å². The van der Waals surface area contributed by atoms with Gasteiger partial charge < -0.3 is 20.1 Å². The number of aromatic amines is 1. The number of carbonyl (C=O) groups is 2. The monoisotopic (exact) mass is 381 g/mol. The van der Waals surface area contributed by atoms with Crippen LogP contribution in [0.25, 0.3) is 11.0 Å². The molecule has 1 aliphatic rings. The maximum atomic E-state index is 12.3. The van der Waals surface area contributed by atoms with Gasteiger partial charge in [-0.3, -0.25) is 9.59 Å². The highest BCUT2D eigenvalue weighted by molar-refractivity contribution is 5.87. The van der Waals surface area contributed by atoms with Crippen LogP contribution in [-0.4, -0.2) is 57.8 Å². The van der Waals surface area contributed by atoms with E-state index in [1.54, 1.807) is 11.1 Å². The van der Waals surface area contributed by atoms with E-state index in [4.69, 9.17) is 5.26 Å². The third-order valence-corrected chi connectivity index (χ3v) is 5.09. The number of carbonyl (C=O) groups excluding carboxylic acids is 2. The molecule has 2 aromatic rings. The topological polar surface area (TPSA) is 118 Å². The molecule has 0 spiro atoms. The predicted molar refractivity (Wildman–Crippen MR) is 104 cm³/mol. The number of likely N-dealkylation sites (tertiary alicyclic amines) is 1. The lowest BCUT2D eigenvalue weighted by Crippen LogP contribution is -2.54. The summed E-state index contributed by atoms with van der Waals surface area (Å²) in [5.41, 5.74) is 0.742. The third-order valence-electron chi connectivity index (χ3n) is 5.09. The van der Waals surface area contributed by atoms with E-state index in [-0.39, 0.29) is 18.4 Å². The zero-order chi connectivity index (χ0) is 19.9. The van der Waals surface area contributed by atoms with Gasteiger partial charge in [0.25, 0.3) is 0 Å². The average molecular weight is 381 g/mol. The highest BCUT2D eigenvalue weighted by Gasteiger charge is 2.33. The van der Waals surface area contributed by atoms with Crippen LogP contribution < -0.4 is 10.2 Å². The Labute approximate surface area is 163 Å². The van der Waals surface area contributed by atoms with Crippen molar-refractivity contribution in [2.45, 2.75) is 25.8 Å². The van der Waals surface area contributed by atoms with Crippen molar-refractivity contribution in [1.29, 1.82) is 5.26 Å². The molecule has 1 aliphatic heterocycles. The highest BCUT2D eigenvalue weighted by Crippen LogP contribution is 2.30. The lowest BCUT2D eigenvalue weighted by molar-refractivity contribution is -0.131. The van der Waals surface area contributed by atoms with Gasteiger partial charge in [-0.2, -0.15) is 5.26 Å². The van der Waals surface area contributed by atoms with E-state index >= 15 is 0 Å². The number of anilines is 1. The molecule has 9 nitrogen and oxygen atoms in total. The van der Waals surface area contributed by atoms with Gasteiger partial charge in [0.1, 0.15) is 24.2 Å². The zero-order valence-corrected chi connectivity index (χ0v) is 15.7. The average Bonchev–Trinajstić information content (AvgIpc) is 3.18. The predicted octanol–water partition coefficient (Wildman–Crippen LogP) is 1.17. The molecule has 2 N–H and O–H groups in total. The highest BCUT2D eigenvalue weighted by atomic mass is 16.2. The zero-order valence-electron chi connectivity index (χ0n) is 15.7. The molecule has 28 heavy (non-hydrogen) atoms. The van der Waals surface area contributed by atoms with E-state index < -0.39 is 0 Å². The van der Waals surface area contributed by atoms with Crippen molar-refractivity contribution >= 4 is 29.2 Å². The Hall–Kier alpha value is -3.41. The van der Waals surface area contributed by atoms with Crippen LogP contribution in [0.4, 0.5) is 5.82 Å². The van der Waals surface area contributed by atoms with Gasteiger partial charge in [0, 0.05) is 32.0 Å². The third kappa shape index (κ3) is 4.11. The van der Waals surface area contributed by atoms with Gasteiger partial charge in [0.15, 0.2) is 0 Å². The van der Waals surface area contributed by atoms with E-state index in [0.29, 0.717) is 32.0 Å². The van der Waals surface area contributed by atoms with Crippen molar-refractivity contribution in [3.63, 3.8) is 0 Å². The molecule has 2 atom stereocenters. The van der Waals surface area contributed by atoms with Crippen molar-refractivity contribution in [2.24, 2.45) is 5.92 Å². The quantitative estimate of drug-likeness (QED) is 0.695. The number of aromatic nitrogens is 3. The molecule has 0 bridgehead atoms. The lowest BCUT2D eigenvalue weighted by atomic mass is 9.91. The van der Waals surface area contributed by atoms with Crippen molar-refractivity contribution in [1.82, 2.24) is 25.2 Å². The second-order valence-corrected chi connectivity index (χ2v) is 6.78. The second-order valence-electron chi connectivity index (χ2n) is 6.78. The number of nitrogens with one attached hydrogen (secondary N) is 2. The molecule has 0 aliphatic carbocycles. The molecule has 2 amide bonds. The number of hydrogen-bond donors (Lipinski definition) is 2. The SMILES string of the molecule is C[C@@H]1CCN(C(=O)CC#N)CC1N(CC=CNC=O)c1ncnc2[nH]ccc12. The lowest BCUT2D eigenvalue weighted by Gasteiger charge is -2.43. The fraction of sp³-hybridized carbons (Fsp3) is 0.421. The van der Waals surface area contributed by atoms with Crippen LogP contribution in [0.2, 0.25) is 0 Å². The smallest absolute Gasteiger partial charge is 0.236 e. The summed E-state index contributed by atoms with van der Waals surface area (Å²) in [6.07, 6.45) is 8.11. The van der Waals surface area contributed by atoms with E-state index in [1.165, 1.54) is 6.33 Å². The normalized spacial score (nSPS) is 19.5. The van der Waals surface area contributed by atoms with Gasteiger partial charge in [-0.15, -0.1) is 0 Å². The van der Waals surface area contributed by atoms with Crippen LogP contribution in [0.5, 0.6) is 0 Å². The van der Waals surface area contributed by atoms with E-state index in [9.17, 15) is 9.59 Å². The van der Waals surface area contributed by atoms with Crippen LogP contribution in [0.3, 0.4) is 0 Å². The van der Waals surface area contributed by atoms with E-state index in [2.05, 4.69) is 32.1 Å². The Kier molecular flexibility index (Phi) is 6.22. The first-order chi connectivity index (χ1) is 13.7. The maximum absolute atomic E-state index is 12.3. The molecule has 9 heteroatoms. The summed E-state index contributed by atoms with van der Waals surface area (Å²) < 4.78 is 0. The van der Waals surface area contributed by atoms with E-state index in [1.807, 2.05) is 24.4 Å². The van der Waals surface area contributed by atoms with Crippen LogP contribution in [0.1, 0.15) is 19.8 Å². The van der Waals surface area contributed by atoms with Crippen molar-refractivity contribution in [3.05, 3.63) is 30.9 Å². The van der Waals surface area contributed by atoms with Gasteiger partial charge in [-0.05, 0) is 24.5 Å². The first-order valence-electron chi connectivity index (χ1n) is 9.20. The summed E-state index contributed by atoms with van der Waals surface area (Å²) in [6.45, 7) is 3.84. The fourth-order valence-electron chi connectivity index (χ4n) is 3.60. The largest absolute Gasteiger partial charge is 0.347 e. The summed E-state index contributed by atoms with van der Waals surface area (Å²) >= 11 is 0. The molecule has 1 unspecified atom stereocenters. The molecule has 1 fully saturated rings. The molecule has 146 valence electrons. The minimum Gasteiger partial charge on any atom is -0.347 e. The first kappa shape index (κ1) is 19.4. The number of fused-ring (bicyclic) bond motifs is 1. The Balaban J connectivity index is 1.93. The number of amides is 2. The molecule has 0 saturated carbocycles. The van der Waals surface area contributed by atoms with Crippen LogP contribution >= 0.6 is 0 Å². The van der Waals surface area contributed by atoms with Crippen molar-refractivity contribution in [2.75, 3.05) is 24.5 Å². The Morgan fingerprint density at radius 1 is 1.54 bits per heavy atom. The number of nitrogens with zero attached hydrogens (tertiary/aromatic N) is 5. The fourth-order valence-corrected chi connectivity index (χ4v) is 3.60. The molecule has 0 aromatic carbocycles. The number of H-pyrrole nitrogens is 1. The Morgan fingerprint density at radius 2 is 2.39 bits per heavy atom. The van der Waals surface area contributed by atoms with Crippen LogP contribution in [0.15, 0.2) is 30.9 Å². The molecular formula is C19H23N7O2. The maximum Gasteiger partial charge on any atom is 0.236 e. The molecule has 3 rings (SSSR count). The standard InChI is InChI=1S/C19H23N7O2/c1-14-5-10-25(17(28)3-6-20)11-16(14)26(9-2-7-21-13-27)19-15-4-8-22-18(15)23-12-24-19/h2,4,7-8,12-14,16H,3,5,9-11H2,1H3,(H,21,27)(H,22,23,24)/t14-,16?/m1/s1.